The number of nitrogens with zero attached hydrogens (tertiary/aromatic N) is 2. The molecule has 1 aromatic carbocycles. The number of methoxy groups -OCH3 is 1. The maximum absolute atomic E-state index is 13.4. The minimum atomic E-state index is -0.227. The lowest BCUT2D eigenvalue weighted by Crippen LogP contribution is -2.50. The number of carbonyl (C=O) groups excluding carboxylic acids is 2. The van der Waals surface area contributed by atoms with Gasteiger partial charge in [-0.1, -0.05) is 12.1 Å². The largest absolute Gasteiger partial charge is 0.379 e. The Bertz CT molecular complexity index is 637. The molecule has 136 valence electrons. The van der Waals surface area contributed by atoms with E-state index in [1.807, 2.05) is 6.07 Å². The van der Waals surface area contributed by atoms with Crippen LogP contribution in [0.4, 0.5) is 4.39 Å². The summed E-state index contributed by atoms with van der Waals surface area (Å²) >= 11 is 0. The molecule has 2 aliphatic rings. The van der Waals surface area contributed by atoms with Gasteiger partial charge in [0.2, 0.25) is 11.8 Å². The van der Waals surface area contributed by atoms with Crippen LogP contribution in [0.5, 0.6) is 0 Å². The van der Waals surface area contributed by atoms with Crippen LogP contribution in [0, 0.1) is 11.7 Å². The van der Waals surface area contributed by atoms with Crippen molar-refractivity contribution >= 4 is 11.8 Å². The number of amides is 2. The minimum Gasteiger partial charge on any atom is -0.379 e. The fourth-order valence-corrected chi connectivity index (χ4v) is 3.79. The maximum atomic E-state index is 13.4. The Morgan fingerprint density at radius 3 is 2.88 bits per heavy atom. The smallest absolute Gasteiger partial charge is 0.242 e. The van der Waals surface area contributed by atoms with Gasteiger partial charge in [-0.25, -0.2) is 4.39 Å². The Morgan fingerprint density at radius 1 is 1.36 bits per heavy atom. The summed E-state index contributed by atoms with van der Waals surface area (Å²) in [6.07, 6.45) is 2.86. The zero-order valence-corrected chi connectivity index (χ0v) is 14.6. The lowest BCUT2D eigenvalue weighted by molar-refractivity contribution is -0.141. The summed E-state index contributed by atoms with van der Waals surface area (Å²) in [7, 11) is 1.65. The molecule has 2 heterocycles. The van der Waals surface area contributed by atoms with Gasteiger partial charge in [0.15, 0.2) is 0 Å². The van der Waals surface area contributed by atoms with Gasteiger partial charge in [0, 0.05) is 33.2 Å². The molecule has 6 heteroatoms. The second-order valence-corrected chi connectivity index (χ2v) is 6.92. The molecule has 2 saturated heterocycles. The van der Waals surface area contributed by atoms with Crippen molar-refractivity contribution in [2.24, 2.45) is 5.92 Å². The van der Waals surface area contributed by atoms with Crippen molar-refractivity contribution in [1.29, 1.82) is 0 Å². The lowest BCUT2D eigenvalue weighted by atomic mass is 9.87. The van der Waals surface area contributed by atoms with E-state index >= 15 is 0 Å². The molecule has 2 amide bonds. The number of ether oxygens (including phenoxy) is 1. The van der Waals surface area contributed by atoms with Crippen LogP contribution in [0.2, 0.25) is 0 Å². The van der Waals surface area contributed by atoms with Crippen molar-refractivity contribution in [2.75, 3.05) is 33.3 Å². The normalized spacial score (nSPS) is 24.0. The van der Waals surface area contributed by atoms with Gasteiger partial charge in [-0.3, -0.25) is 9.59 Å². The van der Waals surface area contributed by atoms with Crippen molar-refractivity contribution in [3.63, 3.8) is 0 Å². The Balaban J connectivity index is 1.57. The Morgan fingerprint density at radius 2 is 2.20 bits per heavy atom. The number of carbonyl (C=O) groups is 2. The molecule has 25 heavy (non-hydrogen) atoms. The highest BCUT2D eigenvalue weighted by molar-refractivity contribution is 5.86. The number of halogens is 1. The zero-order chi connectivity index (χ0) is 17.8. The molecule has 0 bridgehead atoms. The second-order valence-electron chi connectivity index (χ2n) is 6.92. The third-order valence-corrected chi connectivity index (χ3v) is 5.24. The predicted molar refractivity (Wildman–Crippen MR) is 91.4 cm³/mol. The number of rotatable bonds is 5. The van der Waals surface area contributed by atoms with E-state index in [0.29, 0.717) is 26.1 Å². The van der Waals surface area contributed by atoms with Crippen molar-refractivity contribution in [3.8, 4) is 0 Å². The first-order valence-corrected chi connectivity index (χ1v) is 8.89. The summed E-state index contributed by atoms with van der Waals surface area (Å²) < 4.78 is 19.0. The Labute approximate surface area is 147 Å². The number of hydrogen-bond donors (Lipinski definition) is 0. The van der Waals surface area contributed by atoms with Gasteiger partial charge in [-0.15, -0.1) is 0 Å². The summed E-state index contributed by atoms with van der Waals surface area (Å²) in [5.41, 5.74) is 0.953. The molecule has 0 radical (unpaired) electrons. The van der Waals surface area contributed by atoms with E-state index in [1.165, 1.54) is 6.07 Å². The van der Waals surface area contributed by atoms with Gasteiger partial charge in [0.25, 0.3) is 0 Å². The van der Waals surface area contributed by atoms with Crippen LogP contribution in [0.15, 0.2) is 24.3 Å². The summed E-state index contributed by atoms with van der Waals surface area (Å²) in [5.74, 6) is 0.0813. The van der Waals surface area contributed by atoms with Crippen molar-refractivity contribution in [2.45, 2.75) is 31.8 Å². The molecule has 0 unspecified atom stereocenters. The first kappa shape index (κ1) is 17.9. The predicted octanol–water partition coefficient (Wildman–Crippen LogP) is 1.85. The van der Waals surface area contributed by atoms with E-state index in [9.17, 15) is 14.0 Å². The molecular formula is C19H25FN2O3. The van der Waals surface area contributed by atoms with E-state index < -0.39 is 0 Å². The van der Waals surface area contributed by atoms with Gasteiger partial charge in [-0.05, 0) is 42.9 Å². The highest BCUT2D eigenvalue weighted by Crippen LogP contribution is 2.25. The van der Waals surface area contributed by atoms with Crippen LogP contribution >= 0.6 is 0 Å². The second kappa shape index (κ2) is 7.95. The minimum absolute atomic E-state index is 0.0125. The van der Waals surface area contributed by atoms with Crippen LogP contribution in [0.25, 0.3) is 0 Å². The van der Waals surface area contributed by atoms with Crippen molar-refractivity contribution < 1.29 is 18.7 Å². The SMILES string of the molecule is CO[C@H]1CN(C(=O)CN2CCCC2=O)CC[C@@H]1Cc1cccc(F)c1. The molecule has 1 aromatic rings. The number of piperidine rings is 1. The highest BCUT2D eigenvalue weighted by atomic mass is 19.1. The molecule has 0 aliphatic carbocycles. The molecule has 0 aromatic heterocycles. The fraction of sp³-hybridized carbons (Fsp3) is 0.579. The third kappa shape index (κ3) is 4.37. The summed E-state index contributed by atoms with van der Waals surface area (Å²) in [5, 5.41) is 0. The third-order valence-electron chi connectivity index (χ3n) is 5.24. The summed E-state index contributed by atoms with van der Waals surface area (Å²) in [6, 6.07) is 6.64. The Hall–Kier alpha value is -1.95. The Kier molecular flexibility index (Phi) is 5.68. The zero-order valence-electron chi connectivity index (χ0n) is 14.6. The highest BCUT2D eigenvalue weighted by Gasteiger charge is 2.33. The van der Waals surface area contributed by atoms with Gasteiger partial charge in [-0.2, -0.15) is 0 Å². The summed E-state index contributed by atoms with van der Waals surface area (Å²) in [6.45, 7) is 2.02. The molecule has 2 fully saturated rings. The van der Waals surface area contributed by atoms with Gasteiger partial charge in [0.1, 0.15) is 5.82 Å². The van der Waals surface area contributed by atoms with Crippen LogP contribution in [0.1, 0.15) is 24.8 Å². The number of benzene rings is 1. The van der Waals surface area contributed by atoms with E-state index in [0.717, 1.165) is 24.8 Å². The first-order chi connectivity index (χ1) is 12.1. The molecule has 0 N–H and O–H groups in total. The molecule has 0 spiro atoms. The van der Waals surface area contributed by atoms with Gasteiger partial charge in [0.05, 0.1) is 12.6 Å². The van der Waals surface area contributed by atoms with E-state index in [2.05, 4.69) is 0 Å². The molecule has 2 atom stereocenters. The fourth-order valence-electron chi connectivity index (χ4n) is 3.79. The van der Waals surface area contributed by atoms with Gasteiger partial charge >= 0.3 is 0 Å². The topological polar surface area (TPSA) is 49.9 Å². The molecule has 2 aliphatic heterocycles. The monoisotopic (exact) mass is 348 g/mol. The standard InChI is InChI=1S/C19H25FN2O3/c1-25-17-12-22(19(24)13-21-8-3-6-18(21)23)9-7-15(17)10-14-4-2-5-16(20)11-14/h2,4-5,11,15,17H,3,6-10,12-13H2,1H3/t15-,17+/m1/s1. The molecule has 5 nitrogen and oxygen atoms in total. The summed E-state index contributed by atoms with van der Waals surface area (Å²) in [4.78, 5) is 27.6. The molecule has 0 saturated carbocycles. The average Bonchev–Trinajstić information content (AvgIpc) is 3.00. The first-order valence-electron chi connectivity index (χ1n) is 8.89. The quantitative estimate of drug-likeness (QED) is 0.816. The maximum Gasteiger partial charge on any atom is 0.242 e. The van der Waals surface area contributed by atoms with Crippen LogP contribution in [-0.2, 0) is 20.7 Å². The molecular weight excluding hydrogens is 323 g/mol. The van der Waals surface area contributed by atoms with E-state index in [-0.39, 0.29) is 36.2 Å². The molecule has 3 rings (SSSR count). The number of hydrogen-bond acceptors (Lipinski definition) is 3. The van der Waals surface area contributed by atoms with Crippen LogP contribution in [-0.4, -0.2) is 61.0 Å². The van der Waals surface area contributed by atoms with E-state index in [4.69, 9.17) is 4.74 Å². The van der Waals surface area contributed by atoms with Crippen LogP contribution in [0.3, 0.4) is 0 Å². The average molecular weight is 348 g/mol. The van der Waals surface area contributed by atoms with Gasteiger partial charge < -0.3 is 14.5 Å². The van der Waals surface area contributed by atoms with Crippen molar-refractivity contribution in [3.05, 3.63) is 35.6 Å². The van der Waals surface area contributed by atoms with E-state index in [1.54, 1.807) is 29.0 Å². The lowest BCUT2D eigenvalue weighted by Gasteiger charge is -2.38. The van der Waals surface area contributed by atoms with Crippen molar-refractivity contribution in [1.82, 2.24) is 9.80 Å². The van der Waals surface area contributed by atoms with Crippen LogP contribution < -0.4 is 0 Å². The number of likely N-dealkylation sites (tertiary alicyclic amines) is 2.